The number of nitrogens with two attached hydrogens (primary N) is 1. The van der Waals surface area contributed by atoms with Gasteiger partial charge in [-0.25, -0.2) is 13.6 Å². The number of primary sulfonamides is 1. The largest absolute Gasteiger partial charge is 0.494 e. The summed E-state index contributed by atoms with van der Waals surface area (Å²) in [5, 5.41) is 8.13. The minimum atomic E-state index is -3.50. The molecule has 1 aromatic carbocycles. The zero-order valence-corrected chi connectivity index (χ0v) is 17.5. The second kappa shape index (κ2) is 11.5. The van der Waals surface area contributed by atoms with Crippen LogP contribution in [0.15, 0.2) is 29.3 Å². The van der Waals surface area contributed by atoms with E-state index in [-0.39, 0.29) is 36.3 Å². The molecule has 3 N–H and O–H groups in total. The Morgan fingerprint density at radius 2 is 1.92 bits per heavy atom. The molecule has 0 fully saturated rings. The van der Waals surface area contributed by atoms with Crippen molar-refractivity contribution in [2.75, 3.05) is 32.5 Å². The SMILES string of the molecule is CCNC(=NCCS(N)(=O)=O)N(C)Cc1ccc(OCC)cc1.I. The fraction of sp³-hybridized carbons (Fsp3) is 0.533. The molecule has 24 heavy (non-hydrogen) atoms. The Balaban J connectivity index is 0.00000529. The second-order valence-electron chi connectivity index (χ2n) is 5.04. The molecule has 0 aliphatic carbocycles. The van der Waals surface area contributed by atoms with Gasteiger partial charge in [-0.05, 0) is 31.5 Å². The number of guanidine groups is 1. The molecule has 0 radical (unpaired) electrons. The van der Waals surface area contributed by atoms with E-state index >= 15 is 0 Å². The summed E-state index contributed by atoms with van der Waals surface area (Å²) in [6.07, 6.45) is 0. The fourth-order valence-electron chi connectivity index (χ4n) is 1.95. The van der Waals surface area contributed by atoms with E-state index in [0.717, 1.165) is 11.3 Å². The third-order valence-corrected chi connectivity index (χ3v) is 3.74. The first-order valence-electron chi connectivity index (χ1n) is 7.57. The Bertz CT molecular complexity index is 606. The van der Waals surface area contributed by atoms with Crippen molar-refractivity contribution in [1.82, 2.24) is 10.2 Å². The number of sulfonamides is 1. The number of nitrogens with zero attached hydrogens (tertiary/aromatic N) is 2. The lowest BCUT2D eigenvalue weighted by Gasteiger charge is -2.22. The number of ether oxygens (including phenoxy) is 1. The molecule has 0 saturated carbocycles. The van der Waals surface area contributed by atoms with E-state index in [2.05, 4.69) is 10.3 Å². The number of halogens is 1. The van der Waals surface area contributed by atoms with E-state index in [0.29, 0.717) is 25.7 Å². The van der Waals surface area contributed by atoms with Gasteiger partial charge >= 0.3 is 0 Å². The van der Waals surface area contributed by atoms with Crippen molar-refractivity contribution in [3.05, 3.63) is 29.8 Å². The van der Waals surface area contributed by atoms with E-state index in [9.17, 15) is 8.42 Å². The Morgan fingerprint density at radius 3 is 2.42 bits per heavy atom. The van der Waals surface area contributed by atoms with Crippen LogP contribution in [0.3, 0.4) is 0 Å². The van der Waals surface area contributed by atoms with Crippen LogP contribution >= 0.6 is 24.0 Å². The number of nitrogens with one attached hydrogen (secondary N) is 1. The monoisotopic (exact) mass is 470 g/mol. The van der Waals surface area contributed by atoms with Crippen LogP contribution in [-0.2, 0) is 16.6 Å². The quantitative estimate of drug-likeness (QED) is 0.340. The van der Waals surface area contributed by atoms with Gasteiger partial charge < -0.3 is 15.0 Å². The molecule has 1 rings (SSSR count). The van der Waals surface area contributed by atoms with Crippen LogP contribution < -0.4 is 15.2 Å². The molecule has 7 nitrogen and oxygen atoms in total. The van der Waals surface area contributed by atoms with E-state index in [1.807, 2.05) is 50.1 Å². The van der Waals surface area contributed by atoms with E-state index in [1.165, 1.54) is 0 Å². The summed E-state index contributed by atoms with van der Waals surface area (Å²) in [6, 6.07) is 7.85. The normalized spacial score (nSPS) is 11.6. The van der Waals surface area contributed by atoms with E-state index < -0.39 is 10.0 Å². The average Bonchev–Trinajstić information content (AvgIpc) is 2.47. The molecule has 138 valence electrons. The highest BCUT2D eigenvalue weighted by atomic mass is 127. The van der Waals surface area contributed by atoms with Gasteiger partial charge in [-0.15, -0.1) is 24.0 Å². The molecule has 0 aliphatic rings. The summed E-state index contributed by atoms with van der Waals surface area (Å²) >= 11 is 0. The predicted octanol–water partition coefficient (Wildman–Crippen LogP) is 1.39. The molecular formula is C15H27IN4O3S. The summed E-state index contributed by atoms with van der Waals surface area (Å²) in [5.41, 5.74) is 1.10. The highest BCUT2D eigenvalue weighted by molar-refractivity contribution is 14.0. The lowest BCUT2D eigenvalue weighted by Crippen LogP contribution is -2.39. The first-order valence-corrected chi connectivity index (χ1v) is 9.29. The Labute approximate surface area is 161 Å². The first-order chi connectivity index (χ1) is 10.9. The van der Waals surface area contributed by atoms with Crippen molar-refractivity contribution < 1.29 is 13.2 Å². The molecule has 0 aromatic heterocycles. The molecule has 0 heterocycles. The Hall–Kier alpha value is -1.07. The molecular weight excluding hydrogens is 443 g/mol. The van der Waals surface area contributed by atoms with Gasteiger partial charge in [0, 0.05) is 20.1 Å². The van der Waals surface area contributed by atoms with Gasteiger partial charge in [0.05, 0.1) is 18.9 Å². The number of hydrogen-bond donors (Lipinski definition) is 2. The zero-order valence-electron chi connectivity index (χ0n) is 14.4. The van der Waals surface area contributed by atoms with Gasteiger partial charge in [0.2, 0.25) is 10.0 Å². The lowest BCUT2D eigenvalue weighted by atomic mass is 10.2. The van der Waals surface area contributed by atoms with E-state index in [4.69, 9.17) is 9.88 Å². The van der Waals surface area contributed by atoms with Crippen LogP contribution in [0.1, 0.15) is 19.4 Å². The van der Waals surface area contributed by atoms with Gasteiger partial charge in [-0.2, -0.15) is 0 Å². The van der Waals surface area contributed by atoms with Crippen molar-refractivity contribution >= 4 is 40.0 Å². The molecule has 0 saturated heterocycles. The van der Waals surface area contributed by atoms with Crippen LogP contribution in [0.25, 0.3) is 0 Å². The molecule has 0 aliphatic heterocycles. The van der Waals surface area contributed by atoms with Gasteiger partial charge in [0.15, 0.2) is 5.96 Å². The number of rotatable bonds is 8. The summed E-state index contributed by atoms with van der Waals surface area (Å²) < 4.78 is 27.4. The first kappa shape index (κ1) is 22.9. The van der Waals surface area contributed by atoms with Crippen LogP contribution in [0.2, 0.25) is 0 Å². The van der Waals surface area contributed by atoms with Crippen molar-refractivity contribution in [3.63, 3.8) is 0 Å². The lowest BCUT2D eigenvalue weighted by molar-refractivity contribution is 0.340. The topological polar surface area (TPSA) is 97.0 Å². The minimum Gasteiger partial charge on any atom is -0.494 e. The maximum atomic E-state index is 11.0. The van der Waals surface area contributed by atoms with Crippen LogP contribution in [0.5, 0.6) is 5.75 Å². The van der Waals surface area contributed by atoms with Gasteiger partial charge in [-0.3, -0.25) is 4.99 Å². The van der Waals surface area contributed by atoms with Crippen LogP contribution in [0.4, 0.5) is 0 Å². The predicted molar refractivity (Wildman–Crippen MR) is 108 cm³/mol. The summed E-state index contributed by atoms with van der Waals surface area (Å²) in [4.78, 5) is 6.22. The summed E-state index contributed by atoms with van der Waals surface area (Å²) in [6.45, 7) is 6.02. The molecule has 0 amide bonds. The highest BCUT2D eigenvalue weighted by Gasteiger charge is 2.08. The average molecular weight is 470 g/mol. The molecule has 0 atom stereocenters. The van der Waals surface area contributed by atoms with Crippen molar-refractivity contribution in [2.45, 2.75) is 20.4 Å². The zero-order chi connectivity index (χ0) is 17.3. The summed E-state index contributed by atoms with van der Waals surface area (Å²) in [5.74, 6) is 1.32. The second-order valence-corrected chi connectivity index (χ2v) is 6.77. The minimum absolute atomic E-state index is 0. The smallest absolute Gasteiger partial charge is 0.210 e. The van der Waals surface area contributed by atoms with E-state index in [1.54, 1.807) is 0 Å². The number of benzene rings is 1. The molecule has 0 spiro atoms. The highest BCUT2D eigenvalue weighted by Crippen LogP contribution is 2.13. The maximum absolute atomic E-state index is 11.0. The third kappa shape index (κ3) is 9.28. The van der Waals surface area contributed by atoms with Crippen LogP contribution in [0, 0.1) is 0 Å². The Morgan fingerprint density at radius 1 is 1.29 bits per heavy atom. The molecule has 0 bridgehead atoms. The number of aliphatic imine (C=N–C) groups is 1. The maximum Gasteiger partial charge on any atom is 0.210 e. The van der Waals surface area contributed by atoms with Gasteiger partial charge in [0.1, 0.15) is 5.75 Å². The van der Waals surface area contributed by atoms with Crippen molar-refractivity contribution in [2.24, 2.45) is 10.1 Å². The van der Waals surface area contributed by atoms with Crippen molar-refractivity contribution in [3.8, 4) is 5.75 Å². The molecule has 0 unspecified atom stereocenters. The number of hydrogen-bond acceptors (Lipinski definition) is 4. The standard InChI is InChI=1S/C15H26N4O3S.HI/c1-4-17-15(18-10-11-23(16,20)21)19(3)12-13-6-8-14(9-7-13)22-5-2;/h6-9H,4-5,10-12H2,1-3H3,(H,17,18)(H2,16,20,21);1H. The Kier molecular flexibility index (Phi) is 11.0. The fourth-order valence-corrected chi connectivity index (χ4v) is 2.30. The third-order valence-electron chi connectivity index (χ3n) is 2.99. The van der Waals surface area contributed by atoms with Gasteiger partial charge in [0.25, 0.3) is 0 Å². The molecule has 1 aromatic rings. The van der Waals surface area contributed by atoms with Gasteiger partial charge in [-0.1, -0.05) is 12.1 Å². The molecule has 9 heteroatoms. The summed E-state index contributed by atoms with van der Waals surface area (Å²) in [7, 11) is -1.60. The van der Waals surface area contributed by atoms with Crippen LogP contribution in [-0.4, -0.2) is 51.8 Å². The van der Waals surface area contributed by atoms with Crippen molar-refractivity contribution in [1.29, 1.82) is 0 Å².